The second-order valence-corrected chi connectivity index (χ2v) is 3.49. The lowest BCUT2D eigenvalue weighted by atomic mass is 10.1. The van der Waals surface area contributed by atoms with E-state index >= 15 is 0 Å². The number of hydrogen-bond donors (Lipinski definition) is 2. The molecule has 0 aliphatic carbocycles. The standard InChI is InChI=1S/C11H12N2O4/c1-7(13(16)17)6-9-4-3-5-10(8(9)2)12-11(14)15/h3-6,12H,1-2H3,(H,14,15). The van der Waals surface area contributed by atoms with Crippen molar-refractivity contribution < 1.29 is 14.8 Å². The van der Waals surface area contributed by atoms with Crippen LogP contribution in [0.25, 0.3) is 6.08 Å². The molecule has 0 fully saturated rings. The average molecular weight is 236 g/mol. The van der Waals surface area contributed by atoms with Gasteiger partial charge in [-0.25, -0.2) is 4.79 Å². The molecule has 0 unspecified atom stereocenters. The largest absolute Gasteiger partial charge is 0.465 e. The molecule has 90 valence electrons. The minimum absolute atomic E-state index is 0.000532. The lowest BCUT2D eigenvalue weighted by Gasteiger charge is -2.07. The molecule has 2 N–H and O–H groups in total. The molecule has 0 bridgehead atoms. The SMILES string of the molecule is CC(=Cc1cccc(NC(=O)O)c1C)[N+](=O)[O-]. The summed E-state index contributed by atoms with van der Waals surface area (Å²) in [7, 11) is 0. The Balaban J connectivity index is 3.15. The van der Waals surface area contributed by atoms with Crippen LogP contribution in [0.5, 0.6) is 0 Å². The van der Waals surface area contributed by atoms with Gasteiger partial charge in [0.05, 0.1) is 4.92 Å². The molecular formula is C11H12N2O4. The number of hydrogen-bond acceptors (Lipinski definition) is 3. The van der Waals surface area contributed by atoms with Crippen molar-refractivity contribution in [2.45, 2.75) is 13.8 Å². The molecule has 0 atom stereocenters. The van der Waals surface area contributed by atoms with Gasteiger partial charge in [0.25, 0.3) is 0 Å². The minimum Gasteiger partial charge on any atom is -0.465 e. The van der Waals surface area contributed by atoms with E-state index in [0.29, 0.717) is 16.8 Å². The fourth-order valence-electron chi connectivity index (χ4n) is 1.34. The van der Waals surface area contributed by atoms with Crippen LogP contribution in [-0.2, 0) is 0 Å². The Bertz CT molecular complexity index is 494. The van der Waals surface area contributed by atoms with E-state index in [2.05, 4.69) is 5.32 Å². The van der Waals surface area contributed by atoms with Crippen LogP contribution in [0.4, 0.5) is 10.5 Å². The maximum Gasteiger partial charge on any atom is 0.409 e. The lowest BCUT2D eigenvalue weighted by molar-refractivity contribution is -0.422. The first kappa shape index (κ1) is 12.7. The number of allylic oxidation sites excluding steroid dienone is 1. The predicted molar refractivity (Wildman–Crippen MR) is 63.5 cm³/mol. The summed E-state index contributed by atoms with van der Waals surface area (Å²) in [5, 5.41) is 21.4. The Morgan fingerprint density at radius 1 is 1.53 bits per heavy atom. The van der Waals surface area contributed by atoms with Gasteiger partial charge < -0.3 is 5.11 Å². The summed E-state index contributed by atoms with van der Waals surface area (Å²) in [4.78, 5) is 20.5. The van der Waals surface area contributed by atoms with E-state index in [1.807, 2.05) is 0 Å². The predicted octanol–water partition coefficient (Wildman–Crippen LogP) is 2.72. The van der Waals surface area contributed by atoms with Gasteiger partial charge in [0.15, 0.2) is 0 Å². The van der Waals surface area contributed by atoms with E-state index in [0.717, 1.165) is 0 Å². The zero-order chi connectivity index (χ0) is 13.0. The molecule has 1 rings (SSSR count). The Morgan fingerprint density at radius 2 is 2.18 bits per heavy atom. The highest BCUT2D eigenvalue weighted by Crippen LogP contribution is 2.21. The summed E-state index contributed by atoms with van der Waals surface area (Å²) in [6, 6.07) is 4.93. The van der Waals surface area contributed by atoms with E-state index in [1.165, 1.54) is 13.0 Å². The number of nitrogens with zero attached hydrogens (tertiary/aromatic N) is 1. The molecule has 0 spiro atoms. The Labute approximate surface area is 97.7 Å². The summed E-state index contributed by atoms with van der Waals surface area (Å²) < 4.78 is 0. The van der Waals surface area contributed by atoms with Gasteiger partial charge in [0.2, 0.25) is 5.70 Å². The van der Waals surface area contributed by atoms with Crippen molar-refractivity contribution in [1.29, 1.82) is 0 Å². The Hall–Kier alpha value is -2.37. The number of carbonyl (C=O) groups is 1. The molecule has 6 heteroatoms. The Morgan fingerprint density at radius 3 is 2.71 bits per heavy atom. The number of amides is 1. The van der Waals surface area contributed by atoms with Crippen molar-refractivity contribution in [2.24, 2.45) is 0 Å². The second-order valence-electron chi connectivity index (χ2n) is 3.49. The molecule has 0 saturated carbocycles. The zero-order valence-corrected chi connectivity index (χ0v) is 9.43. The molecule has 6 nitrogen and oxygen atoms in total. The number of carboxylic acid groups (broad SMARTS) is 1. The highest BCUT2D eigenvalue weighted by Gasteiger charge is 2.08. The first-order chi connectivity index (χ1) is 7.91. The van der Waals surface area contributed by atoms with Gasteiger partial charge in [-0.1, -0.05) is 12.1 Å². The molecule has 0 aromatic heterocycles. The van der Waals surface area contributed by atoms with Crippen molar-refractivity contribution in [2.75, 3.05) is 5.32 Å². The number of anilines is 1. The minimum atomic E-state index is -1.17. The van der Waals surface area contributed by atoms with Crippen LogP contribution in [-0.4, -0.2) is 16.1 Å². The summed E-state index contributed by atoms with van der Waals surface area (Å²) in [6.07, 6.45) is 0.239. The maximum atomic E-state index is 10.5. The lowest BCUT2D eigenvalue weighted by Crippen LogP contribution is -2.08. The highest BCUT2D eigenvalue weighted by molar-refractivity contribution is 5.85. The van der Waals surface area contributed by atoms with Crippen LogP contribution in [0, 0.1) is 17.0 Å². The molecule has 1 amide bonds. The third-order valence-electron chi connectivity index (χ3n) is 2.27. The van der Waals surface area contributed by atoms with Crippen LogP contribution in [0.2, 0.25) is 0 Å². The third-order valence-corrected chi connectivity index (χ3v) is 2.27. The molecule has 0 aliphatic heterocycles. The molecule has 0 radical (unpaired) electrons. The highest BCUT2D eigenvalue weighted by atomic mass is 16.6. The van der Waals surface area contributed by atoms with E-state index in [9.17, 15) is 14.9 Å². The number of rotatable bonds is 3. The fourth-order valence-corrected chi connectivity index (χ4v) is 1.34. The van der Waals surface area contributed by atoms with Crippen LogP contribution in [0.15, 0.2) is 23.9 Å². The monoisotopic (exact) mass is 236 g/mol. The Kier molecular flexibility index (Phi) is 3.82. The third kappa shape index (κ3) is 3.30. The normalized spacial score (nSPS) is 11.1. The molecule has 0 saturated heterocycles. The molecule has 0 aliphatic rings. The summed E-state index contributed by atoms with van der Waals surface area (Å²) in [5.41, 5.74) is 1.68. The van der Waals surface area contributed by atoms with Crippen LogP contribution < -0.4 is 5.32 Å². The van der Waals surface area contributed by atoms with Crippen LogP contribution in [0.1, 0.15) is 18.1 Å². The van der Waals surface area contributed by atoms with Gasteiger partial charge in [0, 0.05) is 18.7 Å². The van der Waals surface area contributed by atoms with Crippen molar-refractivity contribution in [3.8, 4) is 0 Å². The quantitative estimate of drug-likeness (QED) is 0.623. The maximum absolute atomic E-state index is 10.5. The topological polar surface area (TPSA) is 92.5 Å². The smallest absolute Gasteiger partial charge is 0.409 e. The van der Waals surface area contributed by atoms with Gasteiger partial charge in [0.1, 0.15) is 0 Å². The van der Waals surface area contributed by atoms with E-state index in [1.54, 1.807) is 25.1 Å². The van der Waals surface area contributed by atoms with Crippen LogP contribution in [0.3, 0.4) is 0 Å². The van der Waals surface area contributed by atoms with Crippen molar-refractivity contribution in [3.05, 3.63) is 45.1 Å². The van der Waals surface area contributed by atoms with Crippen molar-refractivity contribution in [3.63, 3.8) is 0 Å². The molecular weight excluding hydrogens is 224 g/mol. The van der Waals surface area contributed by atoms with E-state index in [-0.39, 0.29) is 5.70 Å². The second kappa shape index (κ2) is 5.11. The van der Waals surface area contributed by atoms with Crippen molar-refractivity contribution >= 4 is 17.9 Å². The van der Waals surface area contributed by atoms with Gasteiger partial charge in [-0.2, -0.15) is 0 Å². The molecule has 1 aromatic rings. The summed E-state index contributed by atoms with van der Waals surface area (Å²) >= 11 is 0. The van der Waals surface area contributed by atoms with E-state index < -0.39 is 11.0 Å². The van der Waals surface area contributed by atoms with Gasteiger partial charge in [-0.15, -0.1) is 0 Å². The van der Waals surface area contributed by atoms with Gasteiger partial charge in [-0.3, -0.25) is 15.4 Å². The first-order valence-electron chi connectivity index (χ1n) is 4.84. The van der Waals surface area contributed by atoms with E-state index in [4.69, 9.17) is 5.11 Å². The van der Waals surface area contributed by atoms with Crippen LogP contribution >= 0.6 is 0 Å². The van der Waals surface area contributed by atoms with Gasteiger partial charge >= 0.3 is 6.09 Å². The average Bonchev–Trinajstić information content (AvgIpc) is 2.23. The van der Waals surface area contributed by atoms with Gasteiger partial charge in [-0.05, 0) is 24.1 Å². The fraction of sp³-hybridized carbons (Fsp3) is 0.182. The summed E-state index contributed by atoms with van der Waals surface area (Å²) in [6.45, 7) is 3.08. The molecule has 17 heavy (non-hydrogen) atoms. The number of benzene rings is 1. The van der Waals surface area contributed by atoms with Crippen molar-refractivity contribution in [1.82, 2.24) is 0 Å². The zero-order valence-electron chi connectivity index (χ0n) is 9.43. The molecule has 1 aromatic carbocycles. The molecule has 0 heterocycles. The summed E-state index contributed by atoms with van der Waals surface area (Å²) in [5.74, 6) is 0. The number of nitrogens with one attached hydrogen (secondary N) is 1. The number of nitro groups is 1. The first-order valence-corrected chi connectivity index (χ1v) is 4.84.